The van der Waals surface area contributed by atoms with E-state index in [0.29, 0.717) is 40.5 Å². The van der Waals surface area contributed by atoms with E-state index >= 15 is 0 Å². The highest BCUT2D eigenvalue weighted by molar-refractivity contribution is 6.04. The number of nitrogens with one attached hydrogen (secondary N) is 1. The molecule has 0 fully saturated rings. The molecule has 1 N–H and O–H groups in total. The Bertz CT molecular complexity index is 1140. The van der Waals surface area contributed by atoms with Gasteiger partial charge in [-0.15, -0.1) is 0 Å². The van der Waals surface area contributed by atoms with Crippen molar-refractivity contribution in [3.8, 4) is 5.69 Å². The third-order valence-corrected chi connectivity index (χ3v) is 4.93. The lowest BCUT2D eigenvalue weighted by Crippen LogP contribution is -2.26. The van der Waals surface area contributed by atoms with E-state index in [2.05, 4.69) is 10.4 Å². The lowest BCUT2D eigenvalue weighted by Gasteiger charge is -2.17. The van der Waals surface area contributed by atoms with Gasteiger partial charge < -0.3 is 14.8 Å². The Kier molecular flexibility index (Phi) is 7.45. The smallest absolute Gasteiger partial charge is 0.413 e. The molecular weight excluding hydrogens is 424 g/mol. The van der Waals surface area contributed by atoms with E-state index in [1.807, 2.05) is 0 Å². The summed E-state index contributed by atoms with van der Waals surface area (Å²) in [4.78, 5) is 37.8. The van der Waals surface area contributed by atoms with Gasteiger partial charge in [0.05, 0.1) is 30.8 Å². The Balaban J connectivity index is 1.68. The standard InChI is InChI=1S/C24H26N4O5/c1-5-32-23(30)21-15-25-28(16(21)3)20-11-7-17(8-12-20)22(29)26-18-9-13-19(14-10-18)27(4)24(31)33-6-2/h7-15H,5-6H2,1-4H3,(H,26,29). The van der Waals surface area contributed by atoms with E-state index in [1.54, 1.807) is 81.0 Å². The molecule has 0 aliphatic heterocycles. The number of nitrogens with zero attached hydrogens (tertiary/aromatic N) is 3. The topological polar surface area (TPSA) is 103 Å². The van der Waals surface area contributed by atoms with Gasteiger partial charge in [0.25, 0.3) is 5.91 Å². The zero-order valence-electron chi connectivity index (χ0n) is 19.0. The monoisotopic (exact) mass is 450 g/mol. The number of ether oxygens (including phenoxy) is 2. The number of anilines is 2. The third-order valence-electron chi connectivity index (χ3n) is 4.93. The number of hydrogen-bond acceptors (Lipinski definition) is 6. The van der Waals surface area contributed by atoms with Crippen molar-refractivity contribution in [1.82, 2.24) is 9.78 Å². The molecule has 3 rings (SSSR count). The highest BCUT2D eigenvalue weighted by atomic mass is 16.6. The van der Waals surface area contributed by atoms with E-state index in [4.69, 9.17) is 9.47 Å². The molecule has 0 radical (unpaired) electrons. The van der Waals surface area contributed by atoms with Crippen LogP contribution in [0.1, 0.15) is 40.3 Å². The fourth-order valence-electron chi connectivity index (χ4n) is 3.13. The van der Waals surface area contributed by atoms with E-state index in [9.17, 15) is 14.4 Å². The number of benzene rings is 2. The Hall–Kier alpha value is -4.14. The largest absolute Gasteiger partial charge is 0.462 e. The molecule has 2 aromatic carbocycles. The van der Waals surface area contributed by atoms with Gasteiger partial charge in [-0.2, -0.15) is 5.10 Å². The Morgan fingerprint density at radius 3 is 2.21 bits per heavy atom. The summed E-state index contributed by atoms with van der Waals surface area (Å²) in [6.45, 7) is 5.86. The van der Waals surface area contributed by atoms with Crippen molar-refractivity contribution in [2.75, 3.05) is 30.5 Å². The minimum absolute atomic E-state index is 0.280. The molecule has 0 saturated carbocycles. The summed E-state index contributed by atoms with van der Waals surface area (Å²) in [6.07, 6.45) is 1.02. The number of carbonyl (C=O) groups is 3. The number of carbonyl (C=O) groups excluding carboxylic acids is 3. The van der Waals surface area contributed by atoms with Crippen LogP contribution in [0.25, 0.3) is 5.69 Å². The van der Waals surface area contributed by atoms with Crippen LogP contribution in [0.2, 0.25) is 0 Å². The Labute approximate surface area is 191 Å². The normalized spacial score (nSPS) is 10.4. The van der Waals surface area contributed by atoms with Crippen molar-refractivity contribution < 1.29 is 23.9 Å². The maximum atomic E-state index is 12.6. The second-order valence-corrected chi connectivity index (χ2v) is 7.08. The highest BCUT2D eigenvalue weighted by Gasteiger charge is 2.16. The van der Waals surface area contributed by atoms with Gasteiger partial charge in [0.15, 0.2) is 0 Å². The molecule has 9 heteroatoms. The third kappa shape index (κ3) is 5.38. The van der Waals surface area contributed by atoms with E-state index in [-0.39, 0.29) is 12.5 Å². The number of amides is 2. The number of aromatic nitrogens is 2. The summed E-state index contributed by atoms with van der Waals surface area (Å²) < 4.78 is 11.6. The first-order chi connectivity index (χ1) is 15.8. The predicted molar refractivity (Wildman–Crippen MR) is 124 cm³/mol. The van der Waals surface area contributed by atoms with Crippen molar-refractivity contribution in [1.29, 1.82) is 0 Å². The molecule has 0 aliphatic rings. The summed E-state index contributed by atoms with van der Waals surface area (Å²) in [5.41, 5.74) is 3.46. The van der Waals surface area contributed by atoms with Crippen LogP contribution >= 0.6 is 0 Å². The fourth-order valence-corrected chi connectivity index (χ4v) is 3.13. The first-order valence-electron chi connectivity index (χ1n) is 10.5. The molecule has 0 spiro atoms. The van der Waals surface area contributed by atoms with Gasteiger partial charge in [0.1, 0.15) is 5.56 Å². The lowest BCUT2D eigenvalue weighted by molar-refractivity contribution is 0.0525. The highest BCUT2D eigenvalue weighted by Crippen LogP contribution is 2.19. The molecule has 0 bridgehead atoms. The average molecular weight is 450 g/mol. The van der Waals surface area contributed by atoms with Crippen LogP contribution in [0.15, 0.2) is 54.7 Å². The molecule has 1 heterocycles. The van der Waals surface area contributed by atoms with Crippen molar-refractivity contribution in [3.63, 3.8) is 0 Å². The second kappa shape index (κ2) is 10.4. The minimum atomic E-state index is -0.448. The molecule has 0 atom stereocenters. The summed E-state index contributed by atoms with van der Waals surface area (Å²) in [7, 11) is 1.62. The minimum Gasteiger partial charge on any atom is -0.462 e. The van der Waals surface area contributed by atoms with Gasteiger partial charge >= 0.3 is 12.1 Å². The quantitative estimate of drug-likeness (QED) is 0.541. The summed E-state index contributed by atoms with van der Waals surface area (Å²) in [6, 6.07) is 13.7. The predicted octanol–water partition coefficient (Wildman–Crippen LogP) is 4.20. The molecule has 2 amide bonds. The van der Waals surface area contributed by atoms with Crippen LogP contribution in [0.3, 0.4) is 0 Å². The van der Waals surface area contributed by atoms with Crippen LogP contribution in [-0.4, -0.2) is 48.0 Å². The van der Waals surface area contributed by atoms with Gasteiger partial charge in [0, 0.05) is 24.0 Å². The maximum absolute atomic E-state index is 12.6. The lowest BCUT2D eigenvalue weighted by atomic mass is 10.1. The van der Waals surface area contributed by atoms with Crippen LogP contribution in [0.4, 0.5) is 16.2 Å². The molecule has 172 valence electrons. The Morgan fingerprint density at radius 1 is 0.970 bits per heavy atom. The summed E-state index contributed by atoms with van der Waals surface area (Å²) in [5, 5.41) is 7.08. The van der Waals surface area contributed by atoms with E-state index < -0.39 is 12.1 Å². The molecular formula is C24H26N4O5. The summed E-state index contributed by atoms with van der Waals surface area (Å²) in [5.74, 6) is -0.700. The van der Waals surface area contributed by atoms with Crippen molar-refractivity contribution in [2.45, 2.75) is 20.8 Å². The van der Waals surface area contributed by atoms with Crippen molar-refractivity contribution >= 4 is 29.3 Å². The zero-order valence-corrected chi connectivity index (χ0v) is 19.0. The van der Waals surface area contributed by atoms with Crippen LogP contribution in [0.5, 0.6) is 0 Å². The van der Waals surface area contributed by atoms with Gasteiger partial charge in [-0.05, 0) is 69.3 Å². The zero-order chi connectivity index (χ0) is 24.0. The maximum Gasteiger partial charge on any atom is 0.413 e. The van der Waals surface area contributed by atoms with Gasteiger partial charge in [-0.25, -0.2) is 14.3 Å². The van der Waals surface area contributed by atoms with Gasteiger partial charge in [-0.3, -0.25) is 9.69 Å². The molecule has 0 aliphatic carbocycles. The first-order valence-corrected chi connectivity index (χ1v) is 10.5. The van der Waals surface area contributed by atoms with Crippen LogP contribution in [-0.2, 0) is 9.47 Å². The second-order valence-electron chi connectivity index (χ2n) is 7.08. The number of rotatable bonds is 7. The first kappa shape index (κ1) is 23.5. The molecule has 0 saturated heterocycles. The molecule has 9 nitrogen and oxygen atoms in total. The molecule has 0 unspecified atom stereocenters. The van der Waals surface area contributed by atoms with Crippen molar-refractivity contribution in [3.05, 3.63) is 71.5 Å². The van der Waals surface area contributed by atoms with E-state index in [1.165, 1.54) is 11.1 Å². The molecule has 3 aromatic rings. The fraction of sp³-hybridized carbons (Fsp3) is 0.250. The van der Waals surface area contributed by atoms with Crippen molar-refractivity contribution in [2.24, 2.45) is 0 Å². The summed E-state index contributed by atoms with van der Waals surface area (Å²) >= 11 is 0. The van der Waals surface area contributed by atoms with Gasteiger partial charge in [-0.1, -0.05) is 0 Å². The number of hydrogen-bond donors (Lipinski definition) is 1. The van der Waals surface area contributed by atoms with E-state index in [0.717, 1.165) is 0 Å². The van der Waals surface area contributed by atoms with Gasteiger partial charge in [0.2, 0.25) is 0 Å². The Morgan fingerprint density at radius 2 is 1.61 bits per heavy atom. The molecule has 33 heavy (non-hydrogen) atoms. The van der Waals surface area contributed by atoms with Crippen LogP contribution in [0, 0.1) is 6.92 Å². The SMILES string of the molecule is CCOC(=O)c1cnn(-c2ccc(C(=O)Nc3ccc(N(C)C(=O)OCC)cc3)cc2)c1C. The van der Waals surface area contributed by atoms with Crippen LogP contribution < -0.4 is 10.2 Å². The molecule has 1 aromatic heterocycles. The number of esters is 1. The average Bonchev–Trinajstić information content (AvgIpc) is 3.21.